The molecular formula is C14H10ClNO2S. The van der Waals surface area contributed by atoms with Crippen LogP contribution < -0.4 is 0 Å². The van der Waals surface area contributed by atoms with E-state index in [0.717, 1.165) is 16.6 Å². The number of phenols is 1. The molecule has 0 saturated heterocycles. The van der Waals surface area contributed by atoms with Crippen molar-refractivity contribution >= 4 is 34.3 Å². The second kappa shape index (κ2) is 4.79. The van der Waals surface area contributed by atoms with E-state index in [-0.39, 0.29) is 10.8 Å². The summed E-state index contributed by atoms with van der Waals surface area (Å²) in [5.74, 6) is -0.00500. The summed E-state index contributed by atoms with van der Waals surface area (Å²) in [5.41, 5.74) is 2.09. The molecule has 0 aliphatic rings. The summed E-state index contributed by atoms with van der Waals surface area (Å²) in [7, 11) is 0. The second-order valence-corrected chi connectivity index (χ2v) is 5.29. The van der Waals surface area contributed by atoms with E-state index in [1.165, 1.54) is 4.90 Å². The molecule has 0 spiro atoms. The molecule has 0 fully saturated rings. The molecule has 1 N–H and O–H groups in total. The first-order valence-corrected chi connectivity index (χ1v) is 7.22. The van der Waals surface area contributed by atoms with Crippen molar-refractivity contribution in [3.8, 4) is 17.0 Å². The molecule has 5 heteroatoms. The maximum Gasteiger partial charge on any atom is 0.189 e. The lowest BCUT2D eigenvalue weighted by molar-refractivity contribution is 0.451. The topological polar surface area (TPSA) is 46.3 Å². The minimum atomic E-state index is -0.00500. The van der Waals surface area contributed by atoms with Crippen LogP contribution in [0.15, 0.2) is 45.8 Å². The second-order valence-electron chi connectivity index (χ2n) is 4.04. The molecule has 0 bridgehead atoms. The molecule has 19 heavy (non-hydrogen) atoms. The zero-order chi connectivity index (χ0) is 13.4. The van der Waals surface area contributed by atoms with Crippen LogP contribution >= 0.6 is 23.4 Å². The number of hydrogen-bond acceptors (Lipinski definition) is 4. The van der Waals surface area contributed by atoms with Gasteiger partial charge in [-0.05, 0) is 30.5 Å². The molecule has 3 rings (SSSR count). The van der Waals surface area contributed by atoms with E-state index in [0.29, 0.717) is 5.58 Å². The largest absolute Gasteiger partial charge is 0.506 e. The third kappa shape index (κ3) is 2.07. The van der Waals surface area contributed by atoms with Crippen LogP contribution in [0.2, 0.25) is 5.02 Å². The summed E-state index contributed by atoms with van der Waals surface area (Å²) in [6.07, 6.45) is 2.03. The van der Waals surface area contributed by atoms with E-state index in [4.69, 9.17) is 16.1 Å². The molecule has 2 aromatic carbocycles. The van der Waals surface area contributed by atoms with Crippen LogP contribution in [0.1, 0.15) is 0 Å². The van der Waals surface area contributed by atoms with Crippen molar-refractivity contribution in [3.05, 3.63) is 41.4 Å². The number of nitrogens with zero attached hydrogens (tertiary/aromatic N) is 1. The van der Waals surface area contributed by atoms with Crippen molar-refractivity contribution in [3.63, 3.8) is 0 Å². The van der Waals surface area contributed by atoms with Crippen molar-refractivity contribution in [1.29, 1.82) is 0 Å². The van der Waals surface area contributed by atoms with E-state index in [1.807, 2.05) is 30.5 Å². The quantitative estimate of drug-likeness (QED) is 0.702. The van der Waals surface area contributed by atoms with Crippen molar-refractivity contribution in [2.24, 2.45) is 0 Å². The van der Waals surface area contributed by atoms with E-state index in [2.05, 4.69) is 5.16 Å². The monoisotopic (exact) mass is 291 g/mol. The SMILES string of the molecule is CSc1ccc(-c2noc3c(Cl)c(O)ccc23)cc1. The number of fused-ring (bicyclic) bond motifs is 1. The molecule has 1 aromatic heterocycles. The Balaban J connectivity index is 2.17. The third-order valence-electron chi connectivity index (χ3n) is 2.92. The highest BCUT2D eigenvalue weighted by Gasteiger charge is 2.15. The van der Waals surface area contributed by atoms with Gasteiger partial charge in [0.15, 0.2) is 5.58 Å². The van der Waals surface area contributed by atoms with Gasteiger partial charge in [-0.3, -0.25) is 0 Å². The smallest absolute Gasteiger partial charge is 0.189 e. The highest BCUT2D eigenvalue weighted by molar-refractivity contribution is 7.98. The molecule has 0 aliphatic carbocycles. The average Bonchev–Trinajstić information content (AvgIpc) is 2.87. The predicted octanol–water partition coefficient (Wildman–Crippen LogP) is 4.58. The van der Waals surface area contributed by atoms with Crippen molar-refractivity contribution < 1.29 is 9.63 Å². The molecule has 1 heterocycles. The molecule has 96 valence electrons. The van der Waals surface area contributed by atoms with Gasteiger partial charge in [-0.1, -0.05) is 28.9 Å². The van der Waals surface area contributed by atoms with Crippen LogP contribution in [0.3, 0.4) is 0 Å². The van der Waals surface area contributed by atoms with Gasteiger partial charge in [0.1, 0.15) is 16.5 Å². The zero-order valence-electron chi connectivity index (χ0n) is 10.1. The van der Waals surface area contributed by atoms with Gasteiger partial charge in [0.25, 0.3) is 0 Å². The molecule has 0 saturated carbocycles. The Morgan fingerprint density at radius 1 is 1.16 bits per heavy atom. The predicted molar refractivity (Wildman–Crippen MR) is 77.9 cm³/mol. The molecule has 3 aromatic rings. The van der Waals surface area contributed by atoms with E-state index < -0.39 is 0 Å². The van der Waals surface area contributed by atoms with Gasteiger partial charge in [0.2, 0.25) is 0 Å². The first-order valence-electron chi connectivity index (χ1n) is 5.62. The number of rotatable bonds is 2. The molecule has 3 nitrogen and oxygen atoms in total. The highest BCUT2D eigenvalue weighted by atomic mass is 35.5. The molecule has 0 atom stereocenters. The fourth-order valence-electron chi connectivity index (χ4n) is 1.92. The summed E-state index contributed by atoms with van der Waals surface area (Å²) in [6.45, 7) is 0. The number of halogens is 1. The first-order chi connectivity index (χ1) is 9.20. The number of aromatic nitrogens is 1. The van der Waals surface area contributed by atoms with E-state index in [1.54, 1.807) is 23.9 Å². The highest BCUT2D eigenvalue weighted by Crippen LogP contribution is 2.37. The lowest BCUT2D eigenvalue weighted by Crippen LogP contribution is -1.79. The van der Waals surface area contributed by atoms with Gasteiger partial charge in [0, 0.05) is 10.5 Å². The Labute approximate surface area is 119 Å². The summed E-state index contributed by atoms with van der Waals surface area (Å²) in [5, 5.41) is 14.6. The van der Waals surface area contributed by atoms with Gasteiger partial charge in [-0.15, -0.1) is 11.8 Å². The third-order valence-corrected chi connectivity index (χ3v) is 4.03. The van der Waals surface area contributed by atoms with E-state index in [9.17, 15) is 5.11 Å². The Morgan fingerprint density at radius 2 is 1.89 bits per heavy atom. The zero-order valence-corrected chi connectivity index (χ0v) is 11.6. The van der Waals surface area contributed by atoms with Crippen LogP contribution in [-0.4, -0.2) is 16.5 Å². The van der Waals surface area contributed by atoms with E-state index >= 15 is 0 Å². The minimum Gasteiger partial charge on any atom is -0.506 e. The first kappa shape index (κ1) is 12.4. The van der Waals surface area contributed by atoms with Crippen molar-refractivity contribution in [2.75, 3.05) is 6.26 Å². The fraction of sp³-hybridized carbons (Fsp3) is 0.0714. The van der Waals surface area contributed by atoms with Gasteiger partial charge in [-0.2, -0.15) is 0 Å². The van der Waals surface area contributed by atoms with Crippen LogP contribution in [0, 0.1) is 0 Å². The van der Waals surface area contributed by atoms with Crippen LogP contribution in [0.5, 0.6) is 5.75 Å². The Hall–Kier alpha value is -1.65. The molecular weight excluding hydrogens is 282 g/mol. The number of phenolic OH excluding ortho intramolecular Hbond substituents is 1. The van der Waals surface area contributed by atoms with Gasteiger partial charge < -0.3 is 9.63 Å². The lowest BCUT2D eigenvalue weighted by atomic mass is 10.1. The number of aromatic hydroxyl groups is 1. The van der Waals surface area contributed by atoms with Crippen LogP contribution in [0.4, 0.5) is 0 Å². The van der Waals surface area contributed by atoms with Crippen molar-refractivity contribution in [2.45, 2.75) is 4.90 Å². The van der Waals surface area contributed by atoms with Crippen LogP contribution in [-0.2, 0) is 0 Å². The Bertz CT molecular complexity index is 737. The standard InChI is InChI=1S/C14H10ClNO2S/c1-19-9-4-2-8(3-5-9)13-10-6-7-11(17)12(15)14(10)18-16-13/h2-7,17H,1H3. The summed E-state index contributed by atoms with van der Waals surface area (Å²) < 4.78 is 5.22. The Kier molecular flexibility index (Phi) is 3.12. The summed E-state index contributed by atoms with van der Waals surface area (Å²) >= 11 is 7.67. The maximum absolute atomic E-state index is 9.54. The summed E-state index contributed by atoms with van der Waals surface area (Å²) in [4.78, 5) is 1.19. The number of hydrogen-bond donors (Lipinski definition) is 1. The van der Waals surface area contributed by atoms with Crippen LogP contribution in [0.25, 0.3) is 22.2 Å². The average molecular weight is 292 g/mol. The summed E-state index contributed by atoms with van der Waals surface area (Å²) in [6, 6.07) is 11.3. The van der Waals surface area contributed by atoms with Gasteiger partial charge in [0.05, 0.1) is 5.39 Å². The number of benzene rings is 2. The molecule has 0 amide bonds. The molecule has 0 radical (unpaired) electrons. The van der Waals surface area contributed by atoms with Crippen molar-refractivity contribution in [1.82, 2.24) is 5.16 Å². The fourth-order valence-corrected chi connectivity index (χ4v) is 2.53. The number of thioether (sulfide) groups is 1. The normalized spacial score (nSPS) is 11.1. The molecule has 0 aliphatic heterocycles. The van der Waals surface area contributed by atoms with Gasteiger partial charge in [-0.25, -0.2) is 0 Å². The lowest BCUT2D eigenvalue weighted by Gasteiger charge is -2.00. The van der Waals surface area contributed by atoms with Gasteiger partial charge >= 0.3 is 0 Å². The maximum atomic E-state index is 9.54. The minimum absolute atomic E-state index is 0.00500. The Morgan fingerprint density at radius 3 is 2.58 bits per heavy atom. The molecule has 0 unspecified atom stereocenters.